The maximum Gasteiger partial charge on any atom is 0.331 e. The van der Waals surface area contributed by atoms with Gasteiger partial charge in [-0.05, 0) is 24.3 Å². The number of carbonyl (C=O) groups is 6. The third-order valence-corrected chi connectivity index (χ3v) is 7.76. The van der Waals surface area contributed by atoms with Crippen LogP contribution in [0.5, 0.6) is 0 Å². The summed E-state index contributed by atoms with van der Waals surface area (Å²) in [5, 5.41) is 0. The van der Waals surface area contributed by atoms with E-state index >= 15 is 0 Å². The highest BCUT2D eigenvalue weighted by atomic mass is 32.2. The number of ether oxygens (including phenoxy) is 3. The van der Waals surface area contributed by atoms with E-state index in [0.29, 0.717) is 42.3 Å². The van der Waals surface area contributed by atoms with E-state index in [4.69, 9.17) is 9.47 Å². The molecule has 1 fully saturated rings. The topological polar surface area (TPSA) is 183 Å². The van der Waals surface area contributed by atoms with Crippen LogP contribution >= 0.6 is 0 Å². The van der Waals surface area contributed by atoms with Crippen LogP contribution in [0, 0.1) is 0 Å². The van der Waals surface area contributed by atoms with Crippen molar-refractivity contribution < 1.29 is 55.6 Å². The number of rotatable bonds is 9. The van der Waals surface area contributed by atoms with Crippen LogP contribution in [0.25, 0.3) is 0 Å². The van der Waals surface area contributed by atoms with E-state index < -0.39 is 64.4 Å². The quantitative estimate of drug-likeness (QED) is 0.201. The molecule has 2 aromatic carbocycles. The van der Waals surface area contributed by atoms with E-state index in [-0.39, 0.29) is 17.7 Å². The summed E-state index contributed by atoms with van der Waals surface area (Å²) in [6.07, 6.45) is 0.795. The van der Waals surface area contributed by atoms with Crippen molar-refractivity contribution in [3.63, 3.8) is 0 Å². The second-order valence-electron chi connectivity index (χ2n) is 10.0. The Kier molecular flexibility index (Phi) is 10.4. The highest BCUT2D eigenvalue weighted by Gasteiger charge is 2.45. The van der Waals surface area contributed by atoms with E-state index in [1.54, 1.807) is 36.4 Å². The molecule has 3 aliphatic heterocycles. The Morgan fingerprint density at radius 3 is 1.49 bits per heavy atom. The van der Waals surface area contributed by atoms with Gasteiger partial charge in [0.05, 0.1) is 62.5 Å². The molecular formula is C29H31N3O12S. The molecule has 3 aliphatic rings. The van der Waals surface area contributed by atoms with Gasteiger partial charge in [-0.25, -0.2) is 9.59 Å². The first-order valence-electron chi connectivity index (χ1n) is 13.6. The standard InChI is InChI=1S/C16H18N2O5.C13H13NO7S/c1-22-16(21)13(10-17-6-8-23-9-7-17)18-14(19)11-4-2-3-5-12(11)15(18)20;1-20-13(17)10(7-21-22(2,18)19)14-11(15)8-5-3-4-6-9(8)12(14)16/h2-5,13H,6-10H2,1H3;3-6,10H,7H2,1-2H3. The summed E-state index contributed by atoms with van der Waals surface area (Å²) < 4.78 is 41.3. The number of imide groups is 2. The van der Waals surface area contributed by atoms with Crippen molar-refractivity contribution in [3.8, 4) is 0 Å². The molecule has 2 aromatic rings. The average molecular weight is 646 g/mol. The maximum absolute atomic E-state index is 12.6. The SMILES string of the molecule is COC(=O)C(CN1CCOCC1)N1C(=O)c2ccccc2C1=O.COC(=O)C(COS(C)(=O)=O)N1C(=O)c2ccccc2C1=O. The Balaban J connectivity index is 0.000000205. The summed E-state index contributed by atoms with van der Waals surface area (Å²) in [6.45, 7) is 1.98. The number of benzene rings is 2. The van der Waals surface area contributed by atoms with Crippen LogP contribution in [0.1, 0.15) is 41.4 Å². The fourth-order valence-electron chi connectivity index (χ4n) is 4.98. The molecule has 3 heterocycles. The summed E-state index contributed by atoms with van der Waals surface area (Å²) in [5.74, 6) is -3.84. The summed E-state index contributed by atoms with van der Waals surface area (Å²) in [7, 11) is -1.53. The normalized spacial score (nSPS) is 17.7. The molecule has 240 valence electrons. The van der Waals surface area contributed by atoms with Crippen molar-refractivity contribution in [2.75, 3.05) is 59.9 Å². The summed E-state index contributed by atoms with van der Waals surface area (Å²) in [5.41, 5.74) is 0.934. The van der Waals surface area contributed by atoms with E-state index in [1.807, 2.05) is 4.90 Å². The fraction of sp³-hybridized carbons (Fsp3) is 0.379. The van der Waals surface area contributed by atoms with E-state index in [1.165, 1.54) is 19.2 Å². The molecule has 0 saturated carbocycles. The van der Waals surface area contributed by atoms with Gasteiger partial charge in [-0.2, -0.15) is 8.42 Å². The molecule has 0 radical (unpaired) electrons. The van der Waals surface area contributed by atoms with Crippen LogP contribution < -0.4 is 0 Å². The van der Waals surface area contributed by atoms with E-state index in [0.717, 1.165) is 18.3 Å². The minimum atomic E-state index is -3.85. The smallest absolute Gasteiger partial charge is 0.331 e. The van der Waals surface area contributed by atoms with Crippen molar-refractivity contribution >= 4 is 45.7 Å². The van der Waals surface area contributed by atoms with Gasteiger partial charge in [-0.3, -0.25) is 38.1 Å². The molecule has 4 amide bonds. The Hall–Kier alpha value is -4.51. The Morgan fingerprint density at radius 1 is 0.733 bits per heavy atom. The number of hydrogen-bond donors (Lipinski definition) is 0. The average Bonchev–Trinajstić information content (AvgIpc) is 3.44. The monoisotopic (exact) mass is 645 g/mol. The molecule has 0 spiro atoms. The third kappa shape index (κ3) is 7.25. The van der Waals surface area contributed by atoms with Gasteiger partial charge in [0.1, 0.15) is 0 Å². The largest absolute Gasteiger partial charge is 0.467 e. The number of methoxy groups -OCH3 is 2. The van der Waals surface area contributed by atoms with Crippen molar-refractivity contribution in [2.45, 2.75) is 12.1 Å². The van der Waals surface area contributed by atoms with Crippen molar-refractivity contribution in [3.05, 3.63) is 70.8 Å². The van der Waals surface area contributed by atoms with Gasteiger partial charge in [0.25, 0.3) is 33.7 Å². The summed E-state index contributed by atoms with van der Waals surface area (Å²) >= 11 is 0. The lowest BCUT2D eigenvalue weighted by molar-refractivity contribution is -0.147. The predicted molar refractivity (Wildman–Crippen MR) is 154 cm³/mol. The molecule has 15 nitrogen and oxygen atoms in total. The third-order valence-electron chi connectivity index (χ3n) is 7.20. The molecule has 45 heavy (non-hydrogen) atoms. The second kappa shape index (κ2) is 14.1. The van der Waals surface area contributed by atoms with Crippen molar-refractivity contribution in [1.82, 2.24) is 14.7 Å². The van der Waals surface area contributed by atoms with Crippen LogP contribution in [0.4, 0.5) is 0 Å². The lowest BCUT2D eigenvalue weighted by Crippen LogP contribution is -2.53. The zero-order valence-corrected chi connectivity index (χ0v) is 25.5. The highest BCUT2D eigenvalue weighted by molar-refractivity contribution is 7.86. The van der Waals surface area contributed by atoms with Gasteiger partial charge < -0.3 is 14.2 Å². The molecule has 2 atom stereocenters. The van der Waals surface area contributed by atoms with Crippen LogP contribution in [-0.2, 0) is 38.1 Å². The second-order valence-corrected chi connectivity index (χ2v) is 11.7. The Labute approximate surface area is 258 Å². The van der Waals surface area contributed by atoms with E-state index in [9.17, 15) is 37.2 Å². The first-order chi connectivity index (χ1) is 21.4. The van der Waals surface area contributed by atoms with Crippen molar-refractivity contribution in [2.24, 2.45) is 0 Å². The number of fused-ring (bicyclic) bond motifs is 2. The first kappa shape index (κ1) is 33.4. The number of amides is 4. The molecule has 0 aromatic heterocycles. The first-order valence-corrected chi connectivity index (χ1v) is 15.4. The lowest BCUT2D eigenvalue weighted by atomic mass is 10.1. The molecule has 0 aliphatic carbocycles. The molecule has 2 unspecified atom stereocenters. The number of carbonyl (C=O) groups excluding carboxylic acids is 6. The van der Waals surface area contributed by atoms with Crippen LogP contribution in [-0.4, -0.2) is 131 Å². The van der Waals surface area contributed by atoms with Crippen LogP contribution in [0.2, 0.25) is 0 Å². The molecule has 16 heteroatoms. The fourth-order valence-corrected chi connectivity index (χ4v) is 5.36. The minimum absolute atomic E-state index is 0.140. The van der Waals surface area contributed by atoms with Gasteiger partial charge in [0.2, 0.25) is 0 Å². The van der Waals surface area contributed by atoms with Crippen LogP contribution in [0.15, 0.2) is 48.5 Å². The number of nitrogens with zero attached hydrogens (tertiary/aromatic N) is 3. The molecular weight excluding hydrogens is 614 g/mol. The molecule has 1 saturated heterocycles. The van der Waals surface area contributed by atoms with Crippen LogP contribution in [0.3, 0.4) is 0 Å². The minimum Gasteiger partial charge on any atom is -0.467 e. The Morgan fingerprint density at radius 2 is 1.11 bits per heavy atom. The lowest BCUT2D eigenvalue weighted by Gasteiger charge is -2.32. The zero-order chi connectivity index (χ0) is 32.9. The maximum atomic E-state index is 12.6. The van der Waals surface area contributed by atoms with Gasteiger partial charge in [-0.15, -0.1) is 0 Å². The number of morpholine rings is 1. The molecule has 0 bridgehead atoms. The van der Waals surface area contributed by atoms with Gasteiger partial charge in [-0.1, -0.05) is 24.3 Å². The Bertz CT molecular complexity index is 1550. The van der Waals surface area contributed by atoms with E-state index in [2.05, 4.69) is 8.92 Å². The van der Waals surface area contributed by atoms with Gasteiger partial charge in [0.15, 0.2) is 12.1 Å². The van der Waals surface area contributed by atoms with Gasteiger partial charge in [0, 0.05) is 19.6 Å². The molecule has 5 rings (SSSR count). The van der Waals surface area contributed by atoms with Gasteiger partial charge >= 0.3 is 11.9 Å². The predicted octanol–water partition coefficient (Wildman–Crippen LogP) is -0.0432. The number of hydrogen-bond acceptors (Lipinski definition) is 13. The summed E-state index contributed by atoms with van der Waals surface area (Å²) in [6, 6.07) is 10.2. The number of esters is 2. The summed E-state index contributed by atoms with van der Waals surface area (Å²) in [4.78, 5) is 77.4. The zero-order valence-electron chi connectivity index (χ0n) is 24.7. The van der Waals surface area contributed by atoms with Crippen molar-refractivity contribution in [1.29, 1.82) is 0 Å². The molecule has 0 N–H and O–H groups in total. The highest BCUT2D eigenvalue weighted by Crippen LogP contribution is 2.26.